The van der Waals surface area contributed by atoms with E-state index in [9.17, 15) is 5.11 Å². The normalized spacial score (nSPS) is 10.2. The van der Waals surface area contributed by atoms with E-state index in [2.05, 4.69) is 0 Å². The van der Waals surface area contributed by atoms with E-state index in [1.165, 1.54) is 7.11 Å². The summed E-state index contributed by atoms with van der Waals surface area (Å²) >= 11 is 22.7. The standard InChI is InChI=1S/C8H6Cl4O3/c1-14-7-4(11)3(10)5(12)8(6(7)13)15-2-9/h13H,2H2,1H3. The van der Waals surface area contributed by atoms with Crippen LogP contribution in [-0.2, 0) is 0 Å². The van der Waals surface area contributed by atoms with Gasteiger partial charge in [0.15, 0.2) is 17.6 Å². The molecule has 0 saturated heterocycles. The maximum absolute atomic E-state index is 9.67. The van der Waals surface area contributed by atoms with Crippen LogP contribution in [0.15, 0.2) is 0 Å². The summed E-state index contributed by atoms with van der Waals surface area (Å²) in [6.45, 7) is 0. The third-order valence-electron chi connectivity index (χ3n) is 1.62. The second-order valence-electron chi connectivity index (χ2n) is 2.41. The Morgan fingerprint density at radius 3 is 2.07 bits per heavy atom. The van der Waals surface area contributed by atoms with Gasteiger partial charge in [0.2, 0.25) is 5.75 Å². The van der Waals surface area contributed by atoms with Gasteiger partial charge in [-0.1, -0.05) is 46.4 Å². The predicted molar refractivity (Wildman–Crippen MR) is 61.0 cm³/mol. The van der Waals surface area contributed by atoms with Gasteiger partial charge >= 0.3 is 0 Å². The van der Waals surface area contributed by atoms with Crippen LogP contribution in [-0.4, -0.2) is 18.3 Å². The molecule has 0 aliphatic rings. The second kappa shape index (κ2) is 5.21. The fourth-order valence-electron chi connectivity index (χ4n) is 0.979. The molecule has 84 valence electrons. The van der Waals surface area contributed by atoms with Gasteiger partial charge < -0.3 is 14.6 Å². The number of methoxy groups -OCH3 is 1. The van der Waals surface area contributed by atoms with Gasteiger partial charge in [-0.15, -0.1) is 0 Å². The van der Waals surface area contributed by atoms with Gasteiger partial charge in [0, 0.05) is 0 Å². The summed E-state index contributed by atoms with van der Waals surface area (Å²) in [6, 6.07) is -0.186. The summed E-state index contributed by atoms with van der Waals surface area (Å²) < 4.78 is 9.76. The number of hydrogen-bond acceptors (Lipinski definition) is 3. The molecule has 0 spiro atoms. The van der Waals surface area contributed by atoms with E-state index in [1.54, 1.807) is 0 Å². The fourth-order valence-corrected chi connectivity index (χ4v) is 1.81. The van der Waals surface area contributed by atoms with E-state index < -0.39 is 0 Å². The summed E-state index contributed by atoms with van der Waals surface area (Å²) in [5, 5.41) is 9.71. The number of ether oxygens (including phenoxy) is 2. The number of hydrogen-bond donors (Lipinski definition) is 1. The summed E-state index contributed by atoms with van der Waals surface area (Å²) in [5.74, 6) is -0.401. The first kappa shape index (κ1) is 12.8. The number of aromatic hydroxyl groups is 1. The van der Waals surface area contributed by atoms with Crippen LogP contribution >= 0.6 is 46.4 Å². The van der Waals surface area contributed by atoms with Crippen molar-refractivity contribution < 1.29 is 14.6 Å². The lowest BCUT2D eigenvalue weighted by molar-refractivity contribution is 0.330. The molecule has 1 aromatic rings. The number of phenols is 1. The van der Waals surface area contributed by atoms with Gasteiger partial charge in [0.05, 0.1) is 12.1 Å². The lowest BCUT2D eigenvalue weighted by Crippen LogP contribution is -1.95. The molecule has 0 atom stereocenters. The van der Waals surface area contributed by atoms with Crippen molar-refractivity contribution in [3.63, 3.8) is 0 Å². The molecule has 0 fully saturated rings. The number of alkyl halides is 1. The first-order valence-electron chi connectivity index (χ1n) is 3.66. The van der Waals surface area contributed by atoms with Gasteiger partial charge in [0.1, 0.15) is 10.0 Å². The Bertz CT molecular complexity index is 381. The Morgan fingerprint density at radius 1 is 1.07 bits per heavy atom. The van der Waals surface area contributed by atoms with Crippen LogP contribution in [0, 0.1) is 0 Å². The zero-order valence-electron chi connectivity index (χ0n) is 7.48. The summed E-state index contributed by atoms with van der Waals surface area (Å²) in [7, 11) is 1.33. The molecule has 0 bridgehead atoms. The highest BCUT2D eigenvalue weighted by Crippen LogP contribution is 2.51. The van der Waals surface area contributed by atoms with E-state index in [0.29, 0.717) is 0 Å². The van der Waals surface area contributed by atoms with E-state index in [-0.39, 0.29) is 38.4 Å². The number of benzene rings is 1. The highest BCUT2D eigenvalue weighted by molar-refractivity contribution is 6.49. The largest absolute Gasteiger partial charge is 0.502 e. The molecule has 0 radical (unpaired) electrons. The Morgan fingerprint density at radius 2 is 1.60 bits per heavy atom. The number of rotatable bonds is 3. The van der Waals surface area contributed by atoms with Crippen LogP contribution in [0.25, 0.3) is 0 Å². The third-order valence-corrected chi connectivity index (χ3v) is 3.02. The first-order chi connectivity index (χ1) is 7.04. The van der Waals surface area contributed by atoms with Crippen molar-refractivity contribution in [2.45, 2.75) is 0 Å². The summed E-state index contributed by atoms with van der Waals surface area (Å²) in [5.41, 5.74) is 0. The molecule has 0 saturated carbocycles. The molecule has 7 heteroatoms. The third kappa shape index (κ3) is 2.31. The molecule has 0 heterocycles. The Kier molecular flexibility index (Phi) is 4.46. The number of halogens is 4. The maximum Gasteiger partial charge on any atom is 0.204 e. The van der Waals surface area contributed by atoms with Gasteiger partial charge in [-0.25, -0.2) is 0 Å². The van der Waals surface area contributed by atoms with Gasteiger partial charge in [0.25, 0.3) is 0 Å². The van der Waals surface area contributed by atoms with Gasteiger partial charge in [-0.05, 0) is 0 Å². The summed E-state index contributed by atoms with van der Waals surface area (Å²) in [4.78, 5) is 0. The molecule has 1 aromatic carbocycles. The number of phenolic OH excluding ortho intramolecular Hbond substituents is 1. The molecule has 1 rings (SSSR count). The maximum atomic E-state index is 9.67. The minimum absolute atomic E-state index is 0.00816. The van der Waals surface area contributed by atoms with Crippen molar-refractivity contribution in [1.82, 2.24) is 0 Å². The zero-order valence-corrected chi connectivity index (χ0v) is 10.5. The molecular formula is C8H6Cl4O3. The minimum atomic E-state index is -0.336. The van der Waals surface area contributed by atoms with E-state index in [4.69, 9.17) is 55.9 Å². The quantitative estimate of drug-likeness (QED) is 0.677. The first-order valence-corrected chi connectivity index (χ1v) is 5.33. The van der Waals surface area contributed by atoms with Crippen molar-refractivity contribution in [3.8, 4) is 17.2 Å². The van der Waals surface area contributed by atoms with Crippen LogP contribution in [0.5, 0.6) is 17.2 Å². The summed E-state index contributed by atoms with van der Waals surface area (Å²) in [6.07, 6.45) is 0. The lowest BCUT2D eigenvalue weighted by Gasteiger charge is -2.13. The highest BCUT2D eigenvalue weighted by atomic mass is 35.5. The van der Waals surface area contributed by atoms with Crippen LogP contribution in [0.1, 0.15) is 0 Å². The zero-order chi connectivity index (χ0) is 11.6. The molecule has 15 heavy (non-hydrogen) atoms. The Labute approximate surface area is 106 Å². The van der Waals surface area contributed by atoms with Gasteiger partial charge in [-0.2, -0.15) is 0 Å². The second-order valence-corrected chi connectivity index (χ2v) is 3.76. The fraction of sp³-hybridized carbons (Fsp3) is 0.250. The lowest BCUT2D eigenvalue weighted by atomic mass is 10.3. The molecular weight excluding hydrogens is 286 g/mol. The van der Waals surface area contributed by atoms with Crippen molar-refractivity contribution in [2.24, 2.45) is 0 Å². The van der Waals surface area contributed by atoms with Crippen molar-refractivity contribution in [2.75, 3.05) is 13.2 Å². The monoisotopic (exact) mass is 290 g/mol. The average Bonchev–Trinajstić information content (AvgIpc) is 2.22. The SMILES string of the molecule is COc1c(O)c(OCCl)c(Cl)c(Cl)c1Cl. The Balaban J connectivity index is 3.45. The molecule has 0 unspecified atom stereocenters. The van der Waals surface area contributed by atoms with Crippen molar-refractivity contribution >= 4 is 46.4 Å². The van der Waals surface area contributed by atoms with Crippen molar-refractivity contribution in [1.29, 1.82) is 0 Å². The van der Waals surface area contributed by atoms with Crippen LogP contribution in [0.2, 0.25) is 15.1 Å². The van der Waals surface area contributed by atoms with E-state index in [0.717, 1.165) is 0 Å². The molecule has 3 nitrogen and oxygen atoms in total. The smallest absolute Gasteiger partial charge is 0.204 e. The van der Waals surface area contributed by atoms with Crippen LogP contribution in [0.3, 0.4) is 0 Å². The van der Waals surface area contributed by atoms with Crippen LogP contribution in [0.4, 0.5) is 0 Å². The average molecular weight is 292 g/mol. The van der Waals surface area contributed by atoms with Gasteiger partial charge in [-0.3, -0.25) is 0 Å². The molecule has 1 N–H and O–H groups in total. The molecule has 0 amide bonds. The minimum Gasteiger partial charge on any atom is -0.502 e. The van der Waals surface area contributed by atoms with Crippen LogP contribution < -0.4 is 9.47 Å². The van der Waals surface area contributed by atoms with E-state index in [1.807, 2.05) is 0 Å². The molecule has 0 aromatic heterocycles. The van der Waals surface area contributed by atoms with E-state index >= 15 is 0 Å². The Hall–Kier alpha value is -0.220. The van der Waals surface area contributed by atoms with Crippen molar-refractivity contribution in [3.05, 3.63) is 15.1 Å². The highest BCUT2D eigenvalue weighted by Gasteiger charge is 2.22. The topological polar surface area (TPSA) is 38.7 Å². The molecule has 0 aliphatic heterocycles. The predicted octanol–water partition coefficient (Wildman–Crippen LogP) is 3.94. The molecule has 0 aliphatic carbocycles.